The number of benzene rings is 2. The summed E-state index contributed by atoms with van der Waals surface area (Å²) in [6, 6.07) is 18.1. The maximum Gasteiger partial charge on any atom is 0.247 e. The van der Waals surface area contributed by atoms with Crippen molar-refractivity contribution in [3.8, 4) is 0 Å². The smallest absolute Gasteiger partial charge is 0.247 e. The summed E-state index contributed by atoms with van der Waals surface area (Å²) in [4.78, 5) is 27.4. The van der Waals surface area contributed by atoms with Crippen molar-refractivity contribution < 1.29 is 14.7 Å². The van der Waals surface area contributed by atoms with Gasteiger partial charge in [0, 0.05) is 19.0 Å². The summed E-state index contributed by atoms with van der Waals surface area (Å²) in [5.74, 6) is -0.632. The van der Waals surface area contributed by atoms with Gasteiger partial charge in [0.05, 0.1) is 6.61 Å². The molecule has 138 valence electrons. The van der Waals surface area contributed by atoms with Crippen LogP contribution in [0.4, 0.5) is 0 Å². The van der Waals surface area contributed by atoms with Crippen molar-refractivity contribution in [1.29, 1.82) is 0 Å². The third-order valence-corrected chi connectivity index (χ3v) is 4.06. The average molecular weight is 354 g/mol. The quantitative estimate of drug-likeness (QED) is 0.765. The topological polar surface area (TPSA) is 69.6 Å². The van der Waals surface area contributed by atoms with Crippen LogP contribution in [0, 0.1) is 5.92 Å². The van der Waals surface area contributed by atoms with Crippen LogP contribution in [-0.2, 0) is 16.1 Å². The minimum Gasteiger partial charge on any atom is -0.395 e. The van der Waals surface area contributed by atoms with Gasteiger partial charge < -0.3 is 15.3 Å². The second-order valence-corrected chi connectivity index (χ2v) is 6.43. The van der Waals surface area contributed by atoms with Gasteiger partial charge in [0.15, 0.2) is 0 Å². The summed E-state index contributed by atoms with van der Waals surface area (Å²) in [7, 11) is 0. The average Bonchev–Trinajstić information content (AvgIpc) is 2.66. The summed E-state index contributed by atoms with van der Waals surface area (Å²) in [6.45, 7) is 3.99. The van der Waals surface area contributed by atoms with Crippen molar-refractivity contribution in [1.82, 2.24) is 10.2 Å². The number of amides is 2. The van der Waals surface area contributed by atoms with E-state index in [0.29, 0.717) is 6.54 Å². The third-order valence-electron chi connectivity index (χ3n) is 4.06. The summed E-state index contributed by atoms with van der Waals surface area (Å²) < 4.78 is 0. The largest absolute Gasteiger partial charge is 0.395 e. The number of rotatable bonds is 8. The predicted octanol–water partition coefficient (Wildman–Crippen LogP) is 2.52. The zero-order valence-corrected chi connectivity index (χ0v) is 15.3. The number of hydrogen-bond donors (Lipinski definition) is 2. The molecule has 0 aliphatic carbocycles. The fourth-order valence-corrected chi connectivity index (χ4v) is 2.79. The highest BCUT2D eigenvalue weighted by atomic mass is 16.3. The van der Waals surface area contributed by atoms with Crippen LogP contribution in [0.1, 0.15) is 31.0 Å². The fourth-order valence-electron chi connectivity index (χ4n) is 2.79. The van der Waals surface area contributed by atoms with Gasteiger partial charge in [-0.05, 0) is 11.1 Å². The van der Waals surface area contributed by atoms with Crippen molar-refractivity contribution in [2.24, 2.45) is 5.92 Å². The van der Waals surface area contributed by atoms with E-state index in [-0.39, 0.29) is 30.9 Å². The Morgan fingerprint density at radius 1 is 1.00 bits per heavy atom. The number of nitrogens with zero attached hydrogens (tertiary/aromatic N) is 1. The molecule has 2 rings (SSSR count). The highest BCUT2D eigenvalue weighted by molar-refractivity contribution is 5.89. The highest BCUT2D eigenvalue weighted by Crippen LogP contribution is 2.25. The Hall–Kier alpha value is -2.66. The van der Waals surface area contributed by atoms with Crippen LogP contribution in [0.15, 0.2) is 60.7 Å². The van der Waals surface area contributed by atoms with Crippen LogP contribution >= 0.6 is 0 Å². The van der Waals surface area contributed by atoms with Crippen molar-refractivity contribution in [2.45, 2.75) is 26.4 Å². The van der Waals surface area contributed by atoms with Gasteiger partial charge in [-0.25, -0.2) is 0 Å². The molecule has 0 heterocycles. The number of hydrogen-bond acceptors (Lipinski definition) is 3. The van der Waals surface area contributed by atoms with Crippen molar-refractivity contribution in [2.75, 3.05) is 13.2 Å². The Morgan fingerprint density at radius 2 is 1.58 bits per heavy atom. The van der Waals surface area contributed by atoms with Gasteiger partial charge in [-0.2, -0.15) is 0 Å². The first-order valence-electron chi connectivity index (χ1n) is 8.82. The molecule has 5 heteroatoms. The summed E-state index contributed by atoms with van der Waals surface area (Å²) in [5, 5.41) is 11.8. The first-order chi connectivity index (χ1) is 12.5. The lowest BCUT2D eigenvalue weighted by molar-refractivity contribution is -0.144. The molecule has 0 fully saturated rings. The molecule has 0 unspecified atom stereocenters. The molecule has 0 aliphatic heterocycles. The minimum absolute atomic E-state index is 0.0955. The predicted molar refractivity (Wildman–Crippen MR) is 101 cm³/mol. The van der Waals surface area contributed by atoms with Gasteiger partial charge in [0.2, 0.25) is 11.8 Å². The molecule has 2 amide bonds. The first-order valence-corrected chi connectivity index (χ1v) is 8.82. The summed E-state index contributed by atoms with van der Waals surface area (Å²) in [6.07, 6.45) is 0. The Balaban J connectivity index is 2.42. The lowest BCUT2D eigenvalue weighted by atomic mass is 10.0. The summed E-state index contributed by atoms with van der Waals surface area (Å²) >= 11 is 0. The molecule has 26 heavy (non-hydrogen) atoms. The number of nitrogens with one attached hydrogen (secondary N) is 1. The molecule has 0 saturated heterocycles. The van der Waals surface area contributed by atoms with Crippen LogP contribution in [0.5, 0.6) is 0 Å². The lowest BCUT2D eigenvalue weighted by Gasteiger charge is -2.32. The molecule has 0 aliphatic rings. The van der Waals surface area contributed by atoms with Crippen LogP contribution in [0.2, 0.25) is 0 Å². The second kappa shape index (κ2) is 9.73. The fraction of sp³-hybridized carbons (Fsp3) is 0.333. The minimum atomic E-state index is -0.752. The molecular weight excluding hydrogens is 328 g/mol. The maximum absolute atomic E-state index is 12.9. The zero-order chi connectivity index (χ0) is 18.9. The second-order valence-electron chi connectivity index (χ2n) is 6.43. The van der Waals surface area contributed by atoms with Crippen LogP contribution in [0.25, 0.3) is 0 Å². The van der Waals surface area contributed by atoms with Crippen LogP contribution in [0.3, 0.4) is 0 Å². The van der Waals surface area contributed by atoms with E-state index in [1.807, 2.05) is 74.5 Å². The SMILES string of the molecule is CC(C)C(=O)N(Cc1ccccc1)[C@@H](C(=O)NCCO)c1ccccc1. The molecular formula is C21H26N2O3. The number of carbonyl (C=O) groups is 2. The maximum atomic E-state index is 12.9. The van der Waals surface area contributed by atoms with Crippen LogP contribution in [-0.4, -0.2) is 35.0 Å². The van der Waals surface area contributed by atoms with Crippen molar-refractivity contribution in [3.63, 3.8) is 0 Å². The molecule has 0 spiro atoms. The van der Waals surface area contributed by atoms with E-state index in [2.05, 4.69) is 5.32 Å². The third kappa shape index (κ3) is 5.17. The zero-order valence-electron chi connectivity index (χ0n) is 15.3. The monoisotopic (exact) mass is 354 g/mol. The Bertz CT molecular complexity index is 702. The number of carbonyl (C=O) groups excluding carboxylic acids is 2. The van der Waals surface area contributed by atoms with E-state index >= 15 is 0 Å². The summed E-state index contributed by atoms with van der Waals surface area (Å²) in [5.41, 5.74) is 1.70. The van der Waals surface area contributed by atoms with Gasteiger partial charge in [0.25, 0.3) is 0 Å². The van der Waals surface area contributed by atoms with E-state index < -0.39 is 6.04 Å². The van der Waals surface area contributed by atoms with E-state index in [1.54, 1.807) is 4.90 Å². The van der Waals surface area contributed by atoms with Gasteiger partial charge in [-0.1, -0.05) is 74.5 Å². The van der Waals surface area contributed by atoms with Crippen molar-refractivity contribution in [3.05, 3.63) is 71.8 Å². The van der Waals surface area contributed by atoms with Gasteiger partial charge in [-0.15, -0.1) is 0 Å². The molecule has 0 aromatic heterocycles. The molecule has 2 aromatic rings. The Kier molecular flexibility index (Phi) is 7.36. The van der Waals surface area contributed by atoms with E-state index in [0.717, 1.165) is 11.1 Å². The Morgan fingerprint density at radius 3 is 2.12 bits per heavy atom. The Labute approximate surface area is 154 Å². The molecule has 2 N–H and O–H groups in total. The van der Waals surface area contributed by atoms with Crippen LogP contribution < -0.4 is 5.32 Å². The highest BCUT2D eigenvalue weighted by Gasteiger charge is 2.32. The molecule has 1 atom stereocenters. The van der Waals surface area contributed by atoms with Gasteiger partial charge in [0.1, 0.15) is 6.04 Å². The standard InChI is InChI=1S/C21H26N2O3/c1-16(2)21(26)23(15-17-9-5-3-6-10-17)19(20(25)22-13-14-24)18-11-7-4-8-12-18/h3-12,16,19,24H,13-15H2,1-2H3,(H,22,25)/t19-/m1/s1. The van der Waals surface area contributed by atoms with Gasteiger partial charge in [-0.3, -0.25) is 9.59 Å². The van der Waals surface area contributed by atoms with Gasteiger partial charge >= 0.3 is 0 Å². The normalized spacial score (nSPS) is 11.8. The molecule has 5 nitrogen and oxygen atoms in total. The molecule has 2 aromatic carbocycles. The number of aliphatic hydroxyl groups excluding tert-OH is 1. The number of aliphatic hydroxyl groups is 1. The van der Waals surface area contributed by atoms with E-state index in [1.165, 1.54) is 0 Å². The van der Waals surface area contributed by atoms with Crippen molar-refractivity contribution >= 4 is 11.8 Å². The van der Waals surface area contributed by atoms with E-state index in [9.17, 15) is 9.59 Å². The molecule has 0 saturated carbocycles. The molecule has 0 radical (unpaired) electrons. The first kappa shape index (κ1) is 19.7. The molecule has 0 bridgehead atoms. The lowest BCUT2D eigenvalue weighted by Crippen LogP contribution is -2.45. The van der Waals surface area contributed by atoms with E-state index in [4.69, 9.17) is 5.11 Å².